The van der Waals surface area contributed by atoms with Crippen molar-refractivity contribution in [2.24, 2.45) is 5.92 Å². The first kappa shape index (κ1) is 25.1. The smallest absolute Gasteiger partial charge is 0.339 e. The van der Waals surface area contributed by atoms with Crippen LogP contribution in [-0.2, 0) is 31.0 Å². The molecule has 1 heterocycles. The molecule has 1 aliphatic rings. The van der Waals surface area contributed by atoms with E-state index in [9.17, 15) is 22.8 Å². The summed E-state index contributed by atoms with van der Waals surface area (Å²) < 4.78 is 35.1. The van der Waals surface area contributed by atoms with E-state index in [0.29, 0.717) is 6.54 Å². The van der Waals surface area contributed by atoms with E-state index in [4.69, 9.17) is 8.92 Å². The van der Waals surface area contributed by atoms with Crippen molar-refractivity contribution < 1.29 is 31.7 Å². The highest BCUT2D eigenvalue weighted by molar-refractivity contribution is 7.87. The lowest BCUT2D eigenvalue weighted by atomic mass is 10.1. The van der Waals surface area contributed by atoms with Crippen LogP contribution < -0.4 is 4.18 Å². The van der Waals surface area contributed by atoms with Crippen LogP contribution in [0.2, 0.25) is 0 Å². The Bertz CT molecular complexity index is 1350. The lowest BCUT2D eigenvalue weighted by Gasteiger charge is -2.16. The largest absolute Gasteiger partial charge is 0.457 e. The van der Waals surface area contributed by atoms with Crippen LogP contribution in [-0.4, -0.2) is 44.1 Å². The summed E-state index contributed by atoms with van der Waals surface area (Å²) in [4.78, 5) is 38.8. The van der Waals surface area contributed by atoms with E-state index in [2.05, 4.69) is 0 Å². The van der Waals surface area contributed by atoms with Gasteiger partial charge < -0.3 is 13.8 Å². The van der Waals surface area contributed by atoms with Crippen molar-refractivity contribution in [1.29, 1.82) is 0 Å². The number of Topliss-reactive ketones (excluding diaryl/α,β-unsaturated/α-hetero) is 1. The van der Waals surface area contributed by atoms with E-state index < -0.39 is 34.4 Å². The molecule has 4 rings (SSSR count). The summed E-state index contributed by atoms with van der Waals surface area (Å²) in [6.07, 6.45) is 0.0430. The van der Waals surface area contributed by atoms with E-state index in [-0.39, 0.29) is 35.1 Å². The fraction of sp³-hybridized carbons (Fsp3) is 0.222. The summed E-state index contributed by atoms with van der Waals surface area (Å²) in [5.74, 6) is -1.77. The minimum atomic E-state index is -4.01. The van der Waals surface area contributed by atoms with Gasteiger partial charge in [-0.15, -0.1) is 0 Å². The lowest BCUT2D eigenvalue weighted by Crippen LogP contribution is -2.27. The number of amides is 1. The van der Waals surface area contributed by atoms with Gasteiger partial charge in [0.25, 0.3) is 0 Å². The zero-order valence-corrected chi connectivity index (χ0v) is 20.4. The number of ketones is 1. The highest BCUT2D eigenvalue weighted by Crippen LogP contribution is 2.22. The van der Waals surface area contributed by atoms with Gasteiger partial charge in [0.1, 0.15) is 10.6 Å². The minimum Gasteiger partial charge on any atom is -0.457 e. The van der Waals surface area contributed by atoms with Crippen molar-refractivity contribution >= 4 is 27.8 Å². The molecule has 1 atom stereocenters. The monoisotopic (exact) mass is 507 g/mol. The van der Waals surface area contributed by atoms with Crippen molar-refractivity contribution in [3.63, 3.8) is 0 Å². The maximum Gasteiger partial charge on any atom is 0.339 e. The van der Waals surface area contributed by atoms with Crippen molar-refractivity contribution in [1.82, 2.24) is 4.90 Å². The molecule has 1 aliphatic heterocycles. The van der Waals surface area contributed by atoms with Gasteiger partial charge in [0.15, 0.2) is 12.4 Å². The van der Waals surface area contributed by atoms with Crippen LogP contribution in [0, 0.1) is 12.8 Å². The van der Waals surface area contributed by atoms with Crippen molar-refractivity contribution in [2.45, 2.75) is 24.8 Å². The van der Waals surface area contributed by atoms with E-state index in [1.54, 1.807) is 17.0 Å². The zero-order chi connectivity index (χ0) is 25.7. The summed E-state index contributed by atoms with van der Waals surface area (Å²) in [6.45, 7) is 2.01. The van der Waals surface area contributed by atoms with Gasteiger partial charge in [-0.05, 0) is 48.9 Å². The van der Waals surface area contributed by atoms with Crippen LogP contribution in [0.3, 0.4) is 0 Å². The topological polar surface area (TPSA) is 107 Å². The first-order valence-electron chi connectivity index (χ1n) is 11.3. The van der Waals surface area contributed by atoms with Gasteiger partial charge in [0.05, 0.1) is 5.92 Å². The van der Waals surface area contributed by atoms with Crippen molar-refractivity contribution in [2.75, 3.05) is 13.2 Å². The molecule has 9 heteroatoms. The number of benzene rings is 3. The lowest BCUT2D eigenvalue weighted by molar-refractivity contribution is -0.147. The number of ether oxygens (including phenoxy) is 1. The Morgan fingerprint density at radius 1 is 0.944 bits per heavy atom. The second kappa shape index (κ2) is 10.7. The fourth-order valence-electron chi connectivity index (χ4n) is 3.80. The maximum atomic E-state index is 12.5. The van der Waals surface area contributed by atoms with Crippen molar-refractivity contribution in [3.05, 3.63) is 95.6 Å². The fourth-order valence-corrected chi connectivity index (χ4v) is 4.73. The molecule has 0 bridgehead atoms. The summed E-state index contributed by atoms with van der Waals surface area (Å²) >= 11 is 0. The highest BCUT2D eigenvalue weighted by Gasteiger charge is 2.35. The number of esters is 1. The molecule has 3 aromatic carbocycles. The Hall–Kier alpha value is -3.98. The number of likely N-dealkylation sites (tertiary alicyclic amines) is 1. The molecular formula is C27H25NO7S. The predicted octanol–water partition coefficient (Wildman–Crippen LogP) is 3.54. The molecule has 0 radical (unpaired) electrons. The number of nitrogens with zero attached hydrogens (tertiary/aromatic N) is 1. The zero-order valence-electron chi connectivity index (χ0n) is 19.6. The average molecular weight is 508 g/mol. The molecule has 8 nitrogen and oxygen atoms in total. The molecule has 1 fully saturated rings. The van der Waals surface area contributed by atoms with Crippen molar-refractivity contribution in [3.8, 4) is 5.75 Å². The van der Waals surface area contributed by atoms with Crippen LogP contribution in [0.4, 0.5) is 0 Å². The molecule has 3 aromatic rings. The van der Waals surface area contributed by atoms with Crippen LogP contribution in [0.25, 0.3) is 0 Å². The second-order valence-electron chi connectivity index (χ2n) is 8.57. The van der Waals surface area contributed by atoms with Gasteiger partial charge in [-0.1, -0.05) is 48.0 Å². The van der Waals surface area contributed by atoms with Crippen LogP contribution >= 0.6 is 0 Å². The van der Waals surface area contributed by atoms with Gasteiger partial charge in [0.2, 0.25) is 5.91 Å². The third-order valence-corrected chi connectivity index (χ3v) is 7.06. The van der Waals surface area contributed by atoms with Crippen LogP contribution in [0.5, 0.6) is 5.75 Å². The quantitative estimate of drug-likeness (QED) is 0.248. The third kappa shape index (κ3) is 6.17. The first-order chi connectivity index (χ1) is 17.2. The highest BCUT2D eigenvalue weighted by atomic mass is 32.2. The molecule has 36 heavy (non-hydrogen) atoms. The standard InChI is InChI=1S/C27H25NO7S/c1-19-7-13-24(14-8-19)36(32,33)35-23-11-9-21(10-12-23)25(29)18-34-27(31)22-15-26(30)28(17-22)16-20-5-3-2-4-6-20/h2-14,22H,15-18H2,1H3. The molecule has 0 spiro atoms. The minimum absolute atomic E-state index is 0.0212. The number of hydrogen-bond acceptors (Lipinski definition) is 7. The van der Waals surface area contributed by atoms with Gasteiger partial charge in [0, 0.05) is 25.1 Å². The molecule has 1 unspecified atom stereocenters. The van der Waals surface area contributed by atoms with Gasteiger partial charge in [-0.3, -0.25) is 14.4 Å². The first-order valence-corrected chi connectivity index (χ1v) is 12.7. The van der Waals surface area contributed by atoms with Gasteiger partial charge in [-0.2, -0.15) is 8.42 Å². The maximum absolute atomic E-state index is 12.5. The van der Waals surface area contributed by atoms with Crippen LogP contribution in [0.1, 0.15) is 27.9 Å². The molecule has 0 saturated carbocycles. The van der Waals surface area contributed by atoms with Gasteiger partial charge in [-0.25, -0.2) is 0 Å². The number of carbonyl (C=O) groups is 3. The Balaban J connectivity index is 1.28. The van der Waals surface area contributed by atoms with E-state index in [0.717, 1.165) is 11.1 Å². The molecule has 1 saturated heterocycles. The molecule has 0 aromatic heterocycles. The number of rotatable bonds is 9. The SMILES string of the molecule is Cc1ccc(S(=O)(=O)Oc2ccc(C(=O)COC(=O)C3CC(=O)N(Cc4ccccc4)C3)cc2)cc1. The van der Waals surface area contributed by atoms with E-state index in [1.807, 2.05) is 37.3 Å². The van der Waals surface area contributed by atoms with E-state index >= 15 is 0 Å². The predicted molar refractivity (Wildman–Crippen MR) is 131 cm³/mol. The Labute approximate surface area is 209 Å². The van der Waals surface area contributed by atoms with E-state index in [1.165, 1.54) is 36.4 Å². The Morgan fingerprint density at radius 2 is 1.61 bits per heavy atom. The molecular weight excluding hydrogens is 482 g/mol. The Morgan fingerprint density at radius 3 is 2.28 bits per heavy atom. The number of carbonyl (C=O) groups excluding carboxylic acids is 3. The average Bonchev–Trinajstić information content (AvgIpc) is 3.23. The summed E-state index contributed by atoms with van der Waals surface area (Å²) in [5.41, 5.74) is 2.12. The summed E-state index contributed by atoms with van der Waals surface area (Å²) in [7, 11) is -4.01. The number of aryl methyl sites for hydroxylation is 1. The molecule has 186 valence electrons. The van der Waals surface area contributed by atoms with Crippen LogP contribution in [0.15, 0.2) is 83.8 Å². The molecule has 0 N–H and O–H groups in total. The molecule has 0 aliphatic carbocycles. The van der Waals surface area contributed by atoms with Gasteiger partial charge >= 0.3 is 16.1 Å². The third-order valence-electron chi connectivity index (χ3n) is 5.80. The Kier molecular flexibility index (Phi) is 7.49. The second-order valence-corrected chi connectivity index (χ2v) is 10.1. The number of hydrogen-bond donors (Lipinski definition) is 0. The summed E-state index contributed by atoms with van der Waals surface area (Å²) in [6, 6.07) is 21.2. The normalized spacial score (nSPS) is 15.5. The molecule has 1 amide bonds. The summed E-state index contributed by atoms with van der Waals surface area (Å²) in [5, 5.41) is 0.